The molecule has 2 aromatic rings. The Morgan fingerprint density at radius 1 is 0.848 bits per heavy atom. The van der Waals surface area contributed by atoms with Crippen LogP contribution in [0.5, 0.6) is 23.0 Å². The molecule has 2 bridgehead atoms. The monoisotopic (exact) mass is 480 g/mol. The van der Waals surface area contributed by atoms with E-state index in [1.807, 2.05) is 0 Å². The van der Waals surface area contributed by atoms with E-state index in [9.17, 15) is 18.4 Å². The number of fused-ring (bicyclic) bond motifs is 1. The first-order valence-electron chi connectivity index (χ1n) is 10.2. The lowest BCUT2D eigenvalue weighted by Gasteiger charge is -2.70. The number of halogens is 3. The molecule has 3 fully saturated rings. The molecule has 0 unspecified atom stereocenters. The van der Waals surface area contributed by atoms with Crippen molar-refractivity contribution in [1.82, 2.24) is 10.6 Å². The highest BCUT2D eigenvalue weighted by atomic mass is 35.5. The van der Waals surface area contributed by atoms with Gasteiger partial charge in [0.1, 0.15) is 11.5 Å². The maximum absolute atomic E-state index is 13.1. The molecule has 6 rings (SSSR count). The van der Waals surface area contributed by atoms with Gasteiger partial charge >= 0.3 is 6.29 Å². The molecule has 174 valence electrons. The molecule has 2 amide bonds. The summed E-state index contributed by atoms with van der Waals surface area (Å²) in [5, 5.41) is 6.47. The fraction of sp³-hybridized carbons (Fsp3) is 0.364. The van der Waals surface area contributed by atoms with Gasteiger partial charge in [-0.25, -0.2) is 0 Å². The maximum Gasteiger partial charge on any atom is 0.586 e. The summed E-state index contributed by atoms with van der Waals surface area (Å²) in [6.45, 7) is -0.399. The molecular weight excluding hydrogens is 462 g/mol. The quantitative estimate of drug-likeness (QED) is 0.603. The Labute approximate surface area is 192 Å². The first-order valence-corrected chi connectivity index (χ1v) is 10.5. The zero-order chi connectivity index (χ0) is 23.3. The van der Waals surface area contributed by atoms with Crippen LogP contribution in [-0.4, -0.2) is 42.4 Å². The van der Waals surface area contributed by atoms with Gasteiger partial charge in [0.15, 0.2) is 24.7 Å². The highest BCUT2D eigenvalue weighted by Gasteiger charge is 2.69. The van der Waals surface area contributed by atoms with Crippen LogP contribution in [0.3, 0.4) is 0 Å². The van der Waals surface area contributed by atoms with Crippen molar-refractivity contribution >= 4 is 23.4 Å². The molecule has 0 spiro atoms. The minimum Gasteiger partial charge on any atom is -0.484 e. The molecule has 0 aromatic heterocycles. The average molecular weight is 481 g/mol. The van der Waals surface area contributed by atoms with E-state index in [0.717, 1.165) is 0 Å². The van der Waals surface area contributed by atoms with Gasteiger partial charge in [-0.2, -0.15) is 0 Å². The Bertz CT molecular complexity index is 1090. The van der Waals surface area contributed by atoms with Crippen LogP contribution in [0.1, 0.15) is 19.3 Å². The van der Waals surface area contributed by atoms with Crippen LogP contribution in [0.25, 0.3) is 0 Å². The molecule has 1 aliphatic heterocycles. The Morgan fingerprint density at radius 2 is 1.36 bits per heavy atom. The van der Waals surface area contributed by atoms with Crippen LogP contribution in [0.2, 0.25) is 5.02 Å². The molecule has 3 aliphatic carbocycles. The maximum atomic E-state index is 13.1. The first kappa shape index (κ1) is 21.6. The lowest BCUT2D eigenvalue weighted by molar-refractivity contribution is -0.286. The summed E-state index contributed by atoms with van der Waals surface area (Å²) in [6, 6.07) is 10.7. The third kappa shape index (κ3) is 4.47. The van der Waals surface area contributed by atoms with Gasteiger partial charge in [-0.1, -0.05) is 11.6 Å². The summed E-state index contributed by atoms with van der Waals surface area (Å²) in [5.74, 6) is -0.0871. The molecular formula is C22H19ClF2N2O6. The number of nitrogens with one attached hydrogen (secondary N) is 2. The second-order valence-electron chi connectivity index (χ2n) is 8.49. The molecule has 0 saturated heterocycles. The molecule has 33 heavy (non-hydrogen) atoms. The van der Waals surface area contributed by atoms with Gasteiger partial charge in [0.05, 0.1) is 0 Å². The zero-order valence-electron chi connectivity index (χ0n) is 17.2. The topological polar surface area (TPSA) is 95.1 Å². The molecule has 0 radical (unpaired) electrons. The Hall–Kier alpha value is -3.27. The first-order chi connectivity index (χ1) is 15.6. The summed E-state index contributed by atoms with van der Waals surface area (Å²) in [4.78, 5) is 24.5. The van der Waals surface area contributed by atoms with Crippen molar-refractivity contribution in [2.45, 2.75) is 36.6 Å². The van der Waals surface area contributed by atoms with Crippen molar-refractivity contribution in [3.8, 4) is 23.0 Å². The van der Waals surface area contributed by atoms with Crippen molar-refractivity contribution < 1.29 is 37.3 Å². The summed E-state index contributed by atoms with van der Waals surface area (Å²) >= 11 is 5.82. The molecule has 0 atom stereocenters. The number of rotatable bonds is 8. The van der Waals surface area contributed by atoms with Crippen molar-refractivity contribution in [1.29, 1.82) is 0 Å². The second-order valence-corrected chi connectivity index (χ2v) is 8.93. The number of carbonyl (C=O) groups excluding carboxylic acids is 2. The van der Waals surface area contributed by atoms with Crippen LogP contribution in [0.4, 0.5) is 8.78 Å². The van der Waals surface area contributed by atoms with E-state index in [-0.39, 0.29) is 53.4 Å². The second kappa shape index (κ2) is 7.65. The van der Waals surface area contributed by atoms with E-state index in [1.54, 1.807) is 24.3 Å². The fourth-order valence-corrected chi connectivity index (χ4v) is 4.69. The van der Waals surface area contributed by atoms with Gasteiger partial charge in [0, 0.05) is 22.2 Å². The van der Waals surface area contributed by atoms with Crippen molar-refractivity contribution in [2.75, 3.05) is 13.2 Å². The van der Waals surface area contributed by atoms with E-state index in [4.69, 9.17) is 21.1 Å². The van der Waals surface area contributed by atoms with Crippen LogP contribution in [0.15, 0.2) is 42.5 Å². The van der Waals surface area contributed by atoms with Gasteiger partial charge in [-0.05, 0) is 55.7 Å². The predicted octanol–water partition coefficient (Wildman–Crippen LogP) is 3.03. The molecule has 1 heterocycles. The third-order valence-corrected chi connectivity index (χ3v) is 6.02. The van der Waals surface area contributed by atoms with Gasteiger partial charge < -0.3 is 29.6 Å². The van der Waals surface area contributed by atoms with Crippen molar-refractivity contribution in [3.05, 3.63) is 47.5 Å². The number of hydrogen-bond acceptors (Lipinski definition) is 6. The minimum atomic E-state index is -3.71. The van der Waals surface area contributed by atoms with E-state index >= 15 is 0 Å². The normalized spacial score (nSPS) is 25.3. The van der Waals surface area contributed by atoms with Gasteiger partial charge in [-0.3, -0.25) is 9.59 Å². The lowest BCUT2D eigenvalue weighted by atomic mass is 9.44. The number of ether oxygens (including phenoxy) is 4. The van der Waals surface area contributed by atoms with E-state index in [2.05, 4.69) is 20.1 Å². The minimum absolute atomic E-state index is 0.100. The average Bonchev–Trinajstić information content (AvgIpc) is 3.02. The molecule has 8 nitrogen and oxygen atoms in total. The Balaban J connectivity index is 1.03. The zero-order valence-corrected chi connectivity index (χ0v) is 17.9. The highest BCUT2D eigenvalue weighted by Crippen LogP contribution is 2.60. The number of alkyl halides is 2. The number of carbonyl (C=O) groups is 2. The summed E-state index contributed by atoms with van der Waals surface area (Å²) in [7, 11) is 0. The van der Waals surface area contributed by atoms with Gasteiger partial charge in [0.25, 0.3) is 11.8 Å². The van der Waals surface area contributed by atoms with Crippen LogP contribution in [-0.2, 0) is 9.59 Å². The van der Waals surface area contributed by atoms with E-state index in [0.29, 0.717) is 30.0 Å². The van der Waals surface area contributed by atoms with E-state index in [1.165, 1.54) is 18.2 Å². The Kier molecular flexibility index (Phi) is 5.00. The van der Waals surface area contributed by atoms with Gasteiger partial charge in [0.2, 0.25) is 0 Å². The molecule has 3 saturated carbocycles. The number of amides is 2. The molecule has 11 heteroatoms. The summed E-state index contributed by atoms with van der Waals surface area (Å²) in [5.41, 5.74) is -0.682. The number of hydrogen-bond donors (Lipinski definition) is 2. The van der Waals surface area contributed by atoms with Crippen LogP contribution < -0.4 is 29.6 Å². The van der Waals surface area contributed by atoms with E-state index < -0.39 is 6.29 Å². The fourth-order valence-electron chi connectivity index (χ4n) is 4.56. The SMILES string of the molecule is O=C(COc1ccc(Cl)cc1)NC12CC(NC(=O)COc3ccc4c(c3)OC(F)(F)O4)(C1)C2. The molecule has 2 N–H and O–H groups in total. The van der Waals surface area contributed by atoms with Crippen LogP contribution in [0, 0.1) is 0 Å². The predicted molar refractivity (Wildman–Crippen MR) is 111 cm³/mol. The Morgan fingerprint density at radius 3 is 1.97 bits per heavy atom. The van der Waals surface area contributed by atoms with Gasteiger partial charge in [-0.15, -0.1) is 8.78 Å². The van der Waals surface area contributed by atoms with Crippen LogP contribution >= 0.6 is 11.6 Å². The molecule has 4 aliphatic rings. The standard InChI is InChI=1S/C22H19ClF2N2O6/c23-13-1-3-14(4-2-13)30-8-18(28)26-20-10-21(11-20,12-20)27-19(29)9-31-15-5-6-16-17(7-15)33-22(24,25)32-16/h1-7H,8-12H2,(H,26,28)(H,27,29). The van der Waals surface area contributed by atoms with Crippen molar-refractivity contribution in [3.63, 3.8) is 0 Å². The lowest BCUT2D eigenvalue weighted by Crippen LogP contribution is -2.84. The largest absolute Gasteiger partial charge is 0.586 e. The smallest absolute Gasteiger partial charge is 0.484 e. The summed E-state index contributed by atoms with van der Waals surface area (Å²) in [6.07, 6.45) is -1.84. The highest BCUT2D eigenvalue weighted by molar-refractivity contribution is 6.30. The van der Waals surface area contributed by atoms with Crippen molar-refractivity contribution in [2.24, 2.45) is 0 Å². The summed E-state index contributed by atoms with van der Waals surface area (Å²) < 4.78 is 45.6. The number of benzene rings is 2. The molecule has 2 aromatic carbocycles. The third-order valence-electron chi connectivity index (χ3n) is 5.77.